The third kappa shape index (κ3) is 2.32. The Balaban J connectivity index is 1.97. The molecule has 1 fully saturated rings. The Morgan fingerprint density at radius 2 is 1.74 bits per heavy atom. The molecule has 0 atom stereocenters. The molecule has 2 heterocycles. The summed E-state index contributed by atoms with van der Waals surface area (Å²) in [6, 6.07) is 7.87. The van der Waals surface area contributed by atoms with Crippen LogP contribution >= 0.6 is 23.5 Å². The first-order valence-corrected chi connectivity index (χ1v) is 8.10. The standard InChI is InChI=1S/C14H14N2OS2/c1-9-3-5-11(6-4-9)16-13(17)12(10(2)15-16)14-18-7-8-19-14/h3-6H,7-8H2,1-2H3. The topological polar surface area (TPSA) is 32.7 Å². The SMILES string of the molecule is CC1=NN(c2ccc(C)cc2)C(=O)C1=C1SCCS1. The van der Waals surface area contributed by atoms with E-state index in [-0.39, 0.29) is 5.91 Å². The molecule has 0 saturated carbocycles. The molecule has 2 aliphatic rings. The van der Waals surface area contributed by atoms with Crippen molar-refractivity contribution in [2.24, 2.45) is 5.10 Å². The summed E-state index contributed by atoms with van der Waals surface area (Å²) in [6.07, 6.45) is 0. The van der Waals surface area contributed by atoms with E-state index in [9.17, 15) is 4.79 Å². The van der Waals surface area contributed by atoms with E-state index in [4.69, 9.17) is 0 Å². The smallest absolute Gasteiger partial charge is 0.267 e. The summed E-state index contributed by atoms with van der Waals surface area (Å²) in [5.41, 5.74) is 3.62. The Hall–Kier alpha value is -1.20. The summed E-state index contributed by atoms with van der Waals surface area (Å²) in [6.45, 7) is 3.94. The highest BCUT2D eigenvalue weighted by Gasteiger charge is 2.32. The van der Waals surface area contributed by atoms with Gasteiger partial charge in [0.15, 0.2) is 0 Å². The van der Waals surface area contributed by atoms with Crippen molar-refractivity contribution >= 4 is 40.8 Å². The number of thioether (sulfide) groups is 2. The number of rotatable bonds is 1. The molecular weight excluding hydrogens is 276 g/mol. The van der Waals surface area contributed by atoms with Crippen LogP contribution in [0.4, 0.5) is 5.69 Å². The summed E-state index contributed by atoms with van der Waals surface area (Å²) in [5.74, 6) is 2.15. The van der Waals surface area contributed by atoms with Crippen molar-refractivity contribution in [1.82, 2.24) is 0 Å². The minimum absolute atomic E-state index is 0.00162. The number of nitrogens with zero attached hydrogens (tertiary/aromatic N) is 2. The van der Waals surface area contributed by atoms with Gasteiger partial charge in [0, 0.05) is 11.5 Å². The Kier molecular flexibility index (Phi) is 3.41. The van der Waals surface area contributed by atoms with Gasteiger partial charge in [-0.3, -0.25) is 4.79 Å². The van der Waals surface area contributed by atoms with E-state index < -0.39 is 0 Å². The highest BCUT2D eigenvalue weighted by Crippen LogP contribution is 2.41. The highest BCUT2D eigenvalue weighted by molar-refractivity contribution is 8.25. The summed E-state index contributed by atoms with van der Waals surface area (Å²) < 4.78 is 1.13. The zero-order valence-electron chi connectivity index (χ0n) is 10.8. The van der Waals surface area contributed by atoms with E-state index in [2.05, 4.69) is 5.10 Å². The van der Waals surface area contributed by atoms with Crippen LogP contribution in [0.3, 0.4) is 0 Å². The molecule has 0 radical (unpaired) electrons. The van der Waals surface area contributed by atoms with E-state index >= 15 is 0 Å². The molecule has 0 bridgehead atoms. The fourth-order valence-electron chi connectivity index (χ4n) is 2.06. The molecule has 3 rings (SSSR count). The summed E-state index contributed by atoms with van der Waals surface area (Å²) in [7, 11) is 0. The number of aryl methyl sites for hydroxylation is 1. The van der Waals surface area contributed by atoms with Crippen LogP contribution in [0.25, 0.3) is 0 Å². The second-order valence-electron chi connectivity index (χ2n) is 4.50. The van der Waals surface area contributed by atoms with Crippen molar-refractivity contribution in [2.45, 2.75) is 13.8 Å². The van der Waals surface area contributed by atoms with Crippen LogP contribution in [0.2, 0.25) is 0 Å². The van der Waals surface area contributed by atoms with Crippen LogP contribution in [0.5, 0.6) is 0 Å². The lowest BCUT2D eigenvalue weighted by molar-refractivity contribution is -0.114. The molecule has 0 aliphatic carbocycles. The van der Waals surface area contributed by atoms with Crippen molar-refractivity contribution in [3.8, 4) is 0 Å². The van der Waals surface area contributed by atoms with Gasteiger partial charge in [0.2, 0.25) is 0 Å². The molecule has 0 aromatic heterocycles. The predicted molar refractivity (Wildman–Crippen MR) is 83.7 cm³/mol. The van der Waals surface area contributed by atoms with E-state index in [1.165, 1.54) is 10.6 Å². The second kappa shape index (κ2) is 5.06. The number of hydrogen-bond donors (Lipinski definition) is 0. The van der Waals surface area contributed by atoms with Crippen molar-refractivity contribution in [2.75, 3.05) is 16.5 Å². The van der Waals surface area contributed by atoms with Crippen molar-refractivity contribution in [1.29, 1.82) is 0 Å². The molecule has 2 aliphatic heterocycles. The Bertz CT molecular complexity index is 582. The van der Waals surface area contributed by atoms with Gasteiger partial charge < -0.3 is 0 Å². The minimum atomic E-state index is -0.00162. The molecule has 3 nitrogen and oxygen atoms in total. The van der Waals surface area contributed by atoms with E-state index in [0.717, 1.165) is 32.7 Å². The normalized spacial score (nSPS) is 19.4. The lowest BCUT2D eigenvalue weighted by Crippen LogP contribution is -2.21. The molecule has 1 saturated heterocycles. The van der Waals surface area contributed by atoms with Crippen LogP contribution < -0.4 is 5.01 Å². The highest BCUT2D eigenvalue weighted by atomic mass is 32.2. The maximum atomic E-state index is 12.5. The van der Waals surface area contributed by atoms with Gasteiger partial charge in [0.25, 0.3) is 5.91 Å². The average Bonchev–Trinajstić information content (AvgIpc) is 2.99. The van der Waals surface area contributed by atoms with Gasteiger partial charge in [-0.1, -0.05) is 17.7 Å². The van der Waals surface area contributed by atoms with Gasteiger partial charge in [-0.15, -0.1) is 23.5 Å². The third-order valence-electron chi connectivity index (χ3n) is 3.05. The number of hydrazone groups is 1. The summed E-state index contributed by atoms with van der Waals surface area (Å²) in [5, 5.41) is 5.92. The molecule has 1 aromatic carbocycles. The number of hydrogen-bond acceptors (Lipinski definition) is 4. The summed E-state index contributed by atoms with van der Waals surface area (Å²) >= 11 is 3.52. The van der Waals surface area contributed by atoms with Crippen LogP contribution in [0.1, 0.15) is 12.5 Å². The quantitative estimate of drug-likeness (QED) is 0.743. The zero-order chi connectivity index (χ0) is 13.4. The monoisotopic (exact) mass is 290 g/mol. The van der Waals surface area contributed by atoms with E-state index in [0.29, 0.717) is 0 Å². The average molecular weight is 290 g/mol. The molecule has 19 heavy (non-hydrogen) atoms. The molecule has 1 aromatic rings. The maximum Gasteiger partial charge on any atom is 0.282 e. The molecule has 98 valence electrons. The number of amides is 1. The van der Waals surface area contributed by atoms with Crippen LogP contribution in [0, 0.1) is 6.92 Å². The van der Waals surface area contributed by atoms with Gasteiger partial charge in [-0.05, 0) is 26.0 Å². The lowest BCUT2D eigenvalue weighted by atomic mass is 10.2. The Morgan fingerprint density at radius 3 is 2.37 bits per heavy atom. The molecular formula is C14H14N2OS2. The summed E-state index contributed by atoms with van der Waals surface area (Å²) in [4.78, 5) is 12.5. The van der Waals surface area contributed by atoms with Gasteiger partial charge in [0.1, 0.15) is 0 Å². The molecule has 5 heteroatoms. The minimum Gasteiger partial charge on any atom is -0.267 e. The van der Waals surface area contributed by atoms with Gasteiger partial charge in [-0.25, -0.2) is 0 Å². The largest absolute Gasteiger partial charge is 0.282 e. The van der Waals surface area contributed by atoms with Crippen LogP contribution in [0.15, 0.2) is 39.2 Å². The number of carbonyl (C=O) groups is 1. The third-order valence-corrected chi connectivity index (χ3v) is 5.76. The first-order chi connectivity index (χ1) is 9.16. The second-order valence-corrected chi connectivity index (χ2v) is 6.97. The van der Waals surface area contributed by atoms with Gasteiger partial charge in [0.05, 0.1) is 21.2 Å². The van der Waals surface area contributed by atoms with Crippen molar-refractivity contribution < 1.29 is 4.79 Å². The van der Waals surface area contributed by atoms with Crippen LogP contribution in [-0.4, -0.2) is 23.1 Å². The zero-order valence-corrected chi connectivity index (χ0v) is 12.5. The fraction of sp³-hybridized carbons (Fsp3) is 0.286. The van der Waals surface area contributed by atoms with Crippen LogP contribution in [-0.2, 0) is 4.79 Å². The fourth-order valence-corrected chi connectivity index (χ4v) is 4.69. The molecule has 1 amide bonds. The Morgan fingerprint density at radius 1 is 1.11 bits per heavy atom. The molecule has 0 spiro atoms. The maximum absolute atomic E-state index is 12.5. The van der Waals surface area contributed by atoms with E-state index in [1.807, 2.05) is 38.1 Å². The first-order valence-electron chi connectivity index (χ1n) is 6.13. The number of benzene rings is 1. The molecule has 0 N–H and O–H groups in total. The van der Waals surface area contributed by atoms with Gasteiger partial charge in [-0.2, -0.15) is 10.1 Å². The Labute approximate surface area is 121 Å². The van der Waals surface area contributed by atoms with Crippen molar-refractivity contribution in [3.63, 3.8) is 0 Å². The lowest BCUT2D eigenvalue weighted by Gasteiger charge is -2.12. The number of anilines is 1. The first kappa shape index (κ1) is 12.8. The number of carbonyl (C=O) groups excluding carboxylic acids is 1. The molecule has 0 unspecified atom stereocenters. The van der Waals surface area contributed by atoms with Crippen molar-refractivity contribution in [3.05, 3.63) is 39.6 Å². The van der Waals surface area contributed by atoms with E-state index in [1.54, 1.807) is 23.5 Å². The van der Waals surface area contributed by atoms with Gasteiger partial charge >= 0.3 is 0 Å². The predicted octanol–water partition coefficient (Wildman–Crippen LogP) is 3.41.